The van der Waals surface area contributed by atoms with Crippen molar-refractivity contribution >= 4 is 33.3 Å². The minimum Gasteiger partial charge on any atom is -0.492 e. The highest BCUT2D eigenvalue weighted by atomic mass is 32.2. The first-order valence-corrected chi connectivity index (χ1v) is 15.1. The second-order valence-corrected chi connectivity index (χ2v) is 12.5. The highest BCUT2D eigenvalue weighted by molar-refractivity contribution is 7.89. The van der Waals surface area contributed by atoms with Gasteiger partial charge in [0.15, 0.2) is 5.82 Å². The lowest BCUT2D eigenvalue weighted by atomic mass is 10.1. The zero-order valence-electron chi connectivity index (χ0n) is 23.7. The van der Waals surface area contributed by atoms with Gasteiger partial charge in [-0.3, -0.25) is 14.7 Å². The zero-order valence-corrected chi connectivity index (χ0v) is 24.5. The number of hydrogen-bond donors (Lipinski definition) is 3. The van der Waals surface area contributed by atoms with Gasteiger partial charge in [0.25, 0.3) is 11.8 Å². The Balaban J connectivity index is 1.37. The van der Waals surface area contributed by atoms with Crippen LogP contribution < -0.4 is 15.4 Å². The number of fused-ring (bicyclic) bond motifs is 1. The number of aromatic amines is 1. The van der Waals surface area contributed by atoms with Crippen LogP contribution in [0.15, 0.2) is 41.3 Å². The molecule has 2 amide bonds. The van der Waals surface area contributed by atoms with Gasteiger partial charge < -0.3 is 25.0 Å². The number of nitrogens with zero attached hydrogens (tertiary/aromatic N) is 3. The number of carbonyl (C=O) groups is 2. The van der Waals surface area contributed by atoms with Crippen LogP contribution in [-0.4, -0.2) is 86.1 Å². The third kappa shape index (κ3) is 7.01. The molecule has 12 nitrogen and oxygen atoms in total. The molecular formula is C28H32F2N6O6S. The first-order chi connectivity index (χ1) is 20.5. The van der Waals surface area contributed by atoms with E-state index in [-0.39, 0.29) is 42.5 Å². The van der Waals surface area contributed by atoms with Crippen LogP contribution in [0.1, 0.15) is 34.5 Å². The molecule has 2 aromatic carbocycles. The summed E-state index contributed by atoms with van der Waals surface area (Å²) in [5.74, 6) is -2.47. The van der Waals surface area contributed by atoms with Gasteiger partial charge in [0.1, 0.15) is 30.1 Å². The van der Waals surface area contributed by atoms with Gasteiger partial charge in [-0.1, -0.05) is 0 Å². The monoisotopic (exact) mass is 618 g/mol. The molecule has 15 heteroatoms. The first-order valence-electron chi connectivity index (χ1n) is 13.7. The average molecular weight is 619 g/mol. The second kappa shape index (κ2) is 12.8. The van der Waals surface area contributed by atoms with Gasteiger partial charge in [-0.15, -0.1) is 0 Å². The Labute approximate surface area is 247 Å². The molecule has 0 radical (unpaired) electrons. The fourth-order valence-electron chi connectivity index (χ4n) is 4.84. The van der Waals surface area contributed by atoms with Crippen molar-refractivity contribution in [3.05, 3.63) is 64.9 Å². The SMILES string of the molecule is CN(C)CCOc1ccc(C(=O)Nc2n[nH]c3c2CN(S(=O)(=O)c2cc(F)cc(F)c2)CC3)c(NC(=O)[C@@H]2CCCO2)c1. The number of carbonyl (C=O) groups excluding carboxylic acids is 2. The van der Waals surface area contributed by atoms with Crippen LogP contribution in [0.25, 0.3) is 0 Å². The molecule has 0 spiro atoms. The number of sulfonamides is 1. The van der Waals surface area contributed by atoms with Gasteiger partial charge in [0, 0.05) is 56.1 Å². The Morgan fingerprint density at radius 1 is 1.16 bits per heavy atom. The molecule has 2 aliphatic heterocycles. The molecule has 1 atom stereocenters. The van der Waals surface area contributed by atoms with Crippen LogP contribution in [0.2, 0.25) is 0 Å². The number of nitrogens with one attached hydrogen (secondary N) is 3. The van der Waals surface area contributed by atoms with Gasteiger partial charge in [-0.25, -0.2) is 17.2 Å². The van der Waals surface area contributed by atoms with Gasteiger partial charge in [0.05, 0.1) is 16.1 Å². The van der Waals surface area contributed by atoms with Crippen LogP contribution in [0.3, 0.4) is 0 Å². The Morgan fingerprint density at radius 3 is 2.63 bits per heavy atom. The third-order valence-corrected chi connectivity index (χ3v) is 8.95. The molecule has 230 valence electrons. The lowest BCUT2D eigenvalue weighted by Gasteiger charge is -2.26. The number of likely N-dealkylation sites (N-methyl/N-ethyl adjacent to an activating group) is 1. The largest absolute Gasteiger partial charge is 0.492 e. The van der Waals surface area contributed by atoms with Crippen LogP contribution in [0, 0.1) is 11.6 Å². The van der Waals surface area contributed by atoms with Crippen molar-refractivity contribution in [2.45, 2.75) is 36.8 Å². The van der Waals surface area contributed by atoms with E-state index < -0.39 is 38.6 Å². The molecule has 3 heterocycles. The molecule has 1 fully saturated rings. The van der Waals surface area contributed by atoms with E-state index in [9.17, 15) is 26.8 Å². The van der Waals surface area contributed by atoms with Gasteiger partial charge >= 0.3 is 0 Å². The number of hydrogen-bond acceptors (Lipinski definition) is 8. The molecular weight excluding hydrogens is 586 g/mol. The minimum absolute atomic E-state index is 0.0394. The van der Waals surface area contributed by atoms with E-state index >= 15 is 0 Å². The Hall–Kier alpha value is -3.92. The molecule has 1 aromatic heterocycles. The maximum atomic E-state index is 13.8. The second-order valence-electron chi connectivity index (χ2n) is 10.5. The highest BCUT2D eigenvalue weighted by Crippen LogP contribution is 2.30. The quantitative estimate of drug-likeness (QED) is 0.315. The molecule has 43 heavy (non-hydrogen) atoms. The molecule has 3 N–H and O–H groups in total. The lowest BCUT2D eigenvalue weighted by molar-refractivity contribution is -0.124. The molecule has 1 saturated heterocycles. The van der Waals surface area contributed by atoms with Crippen molar-refractivity contribution in [2.75, 3.05) is 51.0 Å². The Bertz CT molecular complexity index is 1600. The lowest BCUT2D eigenvalue weighted by Crippen LogP contribution is -2.36. The number of amides is 2. The fourth-order valence-corrected chi connectivity index (χ4v) is 6.29. The summed E-state index contributed by atoms with van der Waals surface area (Å²) < 4.78 is 66.3. The van der Waals surface area contributed by atoms with Gasteiger partial charge in [-0.2, -0.15) is 9.40 Å². The van der Waals surface area contributed by atoms with Crippen LogP contribution in [-0.2, 0) is 32.5 Å². The molecule has 2 aliphatic rings. The van der Waals surface area contributed by atoms with E-state index in [1.807, 2.05) is 19.0 Å². The standard InChI is InChI=1S/C28H32F2N6O6S/c1-35(2)9-11-41-19-5-6-21(24(15-19)31-28(38)25-4-3-10-42-25)27(37)32-26-22-16-36(8-7-23(22)33-34-26)43(39,40)20-13-17(29)12-18(30)14-20/h5-6,12-15,25H,3-4,7-11,16H2,1-2H3,(H,31,38)(H2,32,33,34,37)/t25-/m0/s1. The predicted molar refractivity (Wildman–Crippen MR) is 152 cm³/mol. The maximum absolute atomic E-state index is 13.8. The Morgan fingerprint density at radius 2 is 1.93 bits per heavy atom. The van der Waals surface area contributed by atoms with Crippen molar-refractivity contribution < 1.29 is 36.3 Å². The number of benzene rings is 2. The van der Waals surface area contributed by atoms with E-state index in [1.54, 1.807) is 12.1 Å². The van der Waals surface area contributed by atoms with Crippen molar-refractivity contribution in [1.82, 2.24) is 19.4 Å². The van der Waals surface area contributed by atoms with Crippen LogP contribution in [0.5, 0.6) is 5.75 Å². The smallest absolute Gasteiger partial charge is 0.258 e. The van der Waals surface area contributed by atoms with E-state index in [0.29, 0.717) is 49.3 Å². The Kier molecular flexibility index (Phi) is 9.05. The molecule has 0 unspecified atom stereocenters. The maximum Gasteiger partial charge on any atom is 0.258 e. The predicted octanol–water partition coefficient (Wildman–Crippen LogP) is 2.75. The summed E-state index contributed by atoms with van der Waals surface area (Å²) in [4.78, 5) is 27.8. The summed E-state index contributed by atoms with van der Waals surface area (Å²) in [6, 6.07) is 6.79. The molecule has 0 bridgehead atoms. The van der Waals surface area contributed by atoms with E-state index in [0.717, 1.165) is 22.9 Å². The van der Waals surface area contributed by atoms with Crippen LogP contribution in [0.4, 0.5) is 20.3 Å². The van der Waals surface area contributed by atoms with Crippen molar-refractivity contribution in [3.8, 4) is 5.75 Å². The minimum atomic E-state index is -4.25. The topological polar surface area (TPSA) is 146 Å². The molecule has 3 aromatic rings. The number of rotatable bonds is 10. The number of halogens is 2. The van der Waals surface area contributed by atoms with Crippen LogP contribution >= 0.6 is 0 Å². The summed E-state index contributed by atoms with van der Waals surface area (Å²) in [6.07, 6.45) is 0.918. The molecule has 0 saturated carbocycles. The van der Waals surface area contributed by atoms with Gasteiger partial charge in [-0.05, 0) is 51.2 Å². The summed E-state index contributed by atoms with van der Waals surface area (Å²) >= 11 is 0. The van der Waals surface area contributed by atoms with E-state index in [2.05, 4.69) is 20.8 Å². The number of anilines is 2. The van der Waals surface area contributed by atoms with E-state index in [4.69, 9.17) is 9.47 Å². The highest BCUT2D eigenvalue weighted by Gasteiger charge is 2.33. The number of aromatic nitrogens is 2. The summed E-state index contributed by atoms with van der Waals surface area (Å²) in [6.45, 7) is 1.37. The zero-order chi connectivity index (χ0) is 30.7. The van der Waals surface area contributed by atoms with E-state index in [1.165, 1.54) is 6.07 Å². The summed E-state index contributed by atoms with van der Waals surface area (Å²) in [5.41, 5.74) is 1.36. The normalized spacial score (nSPS) is 17.1. The first kappa shape index (κ1) is 30.5. The third-order valence-electron chi connectivity index (χ3n) is 7.13. The average Bonchev–Trinajstić information content (AvgIpc) is 3.63. The summed E-state index contributed by atoms with van der Waals surface area (Å²) in [7, 11) is -0.428. The fraction of sp³-hybridized carbons (Fsp3) is 0.393. The number of H-pyrrole nitrogens is 1. The van der Waals surface area contributed by atoms with Crippen molar-refractivity contribution in [2.24, 2.45) is 0 Å². The van der Waals surface area contributed by atoms with Gasteiger partial charge in [0.2, 0.25) is 10.0 Å². The molecule has 5 rings (SSSR count). The van der Waals surface area contributed by atoms with Crippen molar-refractivity contribution in [3.63, 3.8) is 0 Å². The summed E-state index contributed by atoms with van der Waals surface area (Å²) in [5, 5.41) is 12.5. The number of ether oxygens (including phenoxy) is 2. The van der Waals surface area contributed by atoms with Crippen molar-refractivity contribution in [1.29, 1.82) is 0 Å². The molecule has 0 aliphatic carbocycles.